The number of aryl methyl sites for hydroxylation is 1. The number of hydrogen-bond acceptors (Lipinski definition) is 3. The summed E-state index contributed by atoms with van der Waals surface area (Å²) < 4.78 is 1.81. The zero-order valence-electron chi connectivity index (χ0n) is 10.5. The van der Waals surface area contributed by atoms with E-state index >= 15 is 0 Å². The second-order valence-electron chi connectivity index (χ2n) is 4.70. The van der Waals surface area contributed by atoms with Crippen LogP contribution in [0.5, 0.6) is 0 Å². The van der Waals surface area contributed by atoms with E-state index in [2.05, 4.69) is 17.3 Å². The normalized spacial score (nSPS) is 15.0. The van der Waals surface area contributed by atoms with Gasteiger partial charge in [-0.1, -0.05) is 13.3 Å². The molecule has 0 fully saturated rings. The molecule has 1 atom stereocenters. The summed E-state index contributed by atoms with van der Waals surface area (Å²) in [6.07, 6.45) is 6.71. The number of aromatic nitrogens is 2. The lowest BCUT2D eigenvalue weighted by atomic mass is 10.0. The molecular weight excluding hydrogens is 202 g/mol. The van der Waals surface area contributed by atoms with E-state index in [1.54, 1.807) is 0 Å². The minimum atomic E-state index is -0.580. The van der Waals surface area contributed by atoms with E-state index in [1.807, 2.05) is 31.0 Å². The first-order chi connectivity index (χ1) is 7.53. The highest BCUT2D eigenvalue weighted by Crippen LogP contribution is 2.09. The van der Waals surface area contributed by atoms with Crippen molar-refractivity contribution >= 4 is 0 Å². The van der Waals surface area contributed by atoms with Gasteiger partial charge < -0.3 is 10.4 Å². The minimum absolute atomic E-state index is 0.580. The number of rotatable bonds is 7. The molecule has 0 bridgehead atoms. The quantitative estimate of drug-likeness (QED) is 0.683. The molecule has 0 aliphatic rings. The Morgan fingerprint density at radius 1 is 1.56 bits per heavy atom. The molecule has 1 aromatic heterocycles. The van der Waals surface area contributed by atoms with Gasteiger partial charge in [0.15, 0.2) is 0 Å². The van der Waals surface area contributed by atoms with Crippen molar-refractivity contribution in [3.05, 3.63) is 18.0 Å². The van der Waals surface area contributed by atoms with Crippen LogP contribution < -0.4 is 5.32 Å². The van der Waals surface area contributed by atoms with E-state index in [4.69, 9.17) is 0 Å². The average molecular weight is 225 g/mol. The first kappa shape index (κ1) is 13.2. The molecular formula is C12H23N3O. The Labute approximate surface area is 97.7 Å². The summed E-state index contributed by atoms with van der Waals surface area (Å²) in [5, 5.41) is 17.3. The molecule has 0 aliphatic carbocycles. The topological polar surface area (TPSA) is 50.1 Å². The SMILES string of the molecule is CCCC(C)(O)CNCCc1cnn(C)c1. The Morgan fingerprint density at radius 3 is 2.88 bits per heavy atom. The van der Waals surface area contributed by atoms with Crippen molar-refractivity contribution in [2.75, 3.05) is 13.1 Å². The summed E-state index contributed by atoms with van der Waals surface area (Å²) in [6.45, 7) is 5.50. The van der Waals surface area contributed by atoms with Crippen molar-refractivity contribution in [3.63, 3.8) is 0 Å². The largest absolute Gasteiger partial charge is 0.389 e. The molecule has 1 unspecified atom stereocenters. The Morgan fingerprint density at radius 2 is 2.31 bits per heavy atom. The Bertz CT molecular complexity index is 307. The molecule has 0 aliphatic heterocycles. The lowest BCUT2D eigenvalue weighted by Crippen LogP contribution is -2.38. The molecule has 4 heteroatoms. The molecule has 0 saturated carbocycles. The van der Waals surface area contributed by atoms with E-state index in [9.17, 15) is 5.11 Å². The maximum Gasteiger partial charge on any atom is 0.0743 e. The molecule has 16 heavy (non-hydrogen) atoms. The third-order valence-electron chi connectivity index (χ3n) is 2.64. The zero-order valence-corrected chi connectivity index (χ0v) is 10.5. The first-order valence-corrected chi connectivity index (χ1v) is 5.94. The fourth-order valence-electron chi connectivity index (χ4n) is 1.82. The van der Waals surface area contributed by atoms with E-state index in [1.165, 1.54) is 5.56 Å². The van der Waals surface area contributed by atoms with Crippen LogP contribution in [-0.4, -0.2) is 33.6 Å². The number of hydrogen-bond donors (Lipinski definition) is 2. The van der Waals surface area contributed by atoms with Crippen LogP contribution in [0.4, 0.5) is 0 Å². The van der Waals surface area contributed by atoms with E-state index in [0.717, 1.165) is 25.8 Å². The molecule has 1 heterocycles. The second-order valence-corrected chi connectivity index (χ2v) is 4.70. The summed E-state index contributed by atoms with van der Waals surface area (Å²) in [7, 11) is 1.92. The highest BCUT2D eigenvalue weighted by Gasteiger charge is 2.17. The van der Waals surface area contributed by atoms with E-state index in [-0.39, 0.29) is 0 Å². The summed E-state index contributed by atoms with van der Waals surface area (Å²) in [6, 6.07) is 0. The van der Waals surface area contributed by atoms with Crippen LogP contribution in [0.25, 0.3) is 0 Å². The molecule has 92 valence electrons. The monoisotopic (exact) mass is 225 g/mol. The van der Waals surface area contributed by atoms with Gasteiger partial charge in [-0.05, 0) is 31.9 Å². The van der Waals surface area contributed by atoms with Crippen LogP contribution in [0, 0.1) is 0 Å². The van der Waals surface area contributed by atoms with Gasteiger partial charge in [-0.3, -0.25) is 4.68 Å². The predicted octanol–water partition coefficient (Wildman–Crippen LogP) is 1.10. The van der Waals surface area contributed by atoms with Crippen molar-refractivity contribution in [3.8, 4) is 0 Å². The fourth-order valence-corrected chi connectivity index (χ4v) is 1.82. The fraction of sp³-hybridized carbons (Fsp3) is 0.750. The highest BCUT2D eigenvalue weighted by atomic mass is 16.3. The van der Waals surface area contributed by atoms with Gasteiger partial charge in [0, 0.05) is 19.8 Å². The van der Waals surface area contributed by atoms with Crippen molar-refractivity contribution in [1.29, 1.82) is 0 Å². The Kier molecular flexibility index (Phi) is 4.96. The van der Waals surface area contributed by atoms with Gasteiger partial charge in [-0.15, -0.1) is 0 Å². The zero-order chi connectivity index (χ0) is 12.0. The van der Waals surface area contributed by atoms with Crippen LogP contribution >= 0.6 is 0 Å². The lowest BCUT2D eigenvalue weighted by molar-refractivity contribution is 0.0504. The van der Waals surface area contributed by atoms with Crippen molar-refractivity contribution < 1.29 is 5.11 Å². The number of nitrogens with one attached hydrogen (secondary N) is 1. The molecule has 1 rings (SSSR count). The lowest BCUT2D eigenvalue weighted by Gasteiger charge is -2.22. The van der Waals surface area contributed by atoms with Gasteiger partial charge in [0.2, 0.25) is 0 Å². The third-order valence-corrected chi connectivity index (χ3v) is 2.64. The third kappa shape index (κ3) is 4.77. The van der Waals surface area contributed by atoms with Crippen LogP contribution in [0.3, 0.4) is 0 Å². The van der Waals surface area contributed by atoms with Gasteiger partial charge in [-0.25, -0.2) is 0 Å². The summed E-state index contributed by atoms with van der Waals surface area (Å²) in [5.74, 6) is 0. The maximum atomic E-state index is 9.94. The van der Waals surface area contributed by atoms with Crippen LogP contribution in [0.15, 0.2) is 12.4 Å². The van der Waals surface area contributed by atoms with Crippen LogP contribution in [-0.2, 0) is 13.5 Å². The molecule has 1 aromatic rings. The Hall–Kier alpha value is -0.870. The van der Waals surface area contributed by atoms with Crippen LogP contribution in [0.1, 0.15) is 32.3 Å². The standard InChI is InChI=1S/C12H23N3O/c1-4-6-12(2,16)10-13-7-5-11-8-14-15(3)9-11/h8-9,13,16H,4-7,10H2,1-3H3. The Balaban J connectivity index is 2.16. The summed E-state index contributed by atoms with van der Waals surface area (Å²) in [4.78, 5) is 0. The van der Waals surface area contributed by atoms with Crippen molar-refractivity contribution in [2.24, 2.45) is 7.05 Å². The van der Waals surface area contributed by atoms with Gasteiger partial charge >= 0.3 is 0 Å². The molecule has 0 saturated heterocycles. The van der Waals surface area contributed by atoms with Crippen molar-refractivity contribution in [2.45, 2.75) is 38.7 Å². The molecule has 0 aromatic carbocycles. The van der Waals surface area contributed by atoms with E-state index in [0.29, 0.717) is 6.54 Å². The molecule has 4 nitrogen and oxygen atoms in total. The first-order valence-electron chi connectivity index (χ1n) is 5.94. The molecule has 0 spiro atoms. The minimum Gasteiger partial charge on any atom is -0.389 e. The average Bonchev–Trinajstić information content (AvgIpc) is 2.59. The second kappa shape index (κ2) is 6.01. The van der Waals surface area contributed by atoms with Gasteiger partial charge in [0.25, 0.3) is 0 Å². The number of nitrogens with zero attached hydrogens (tertiary/aromatic N) is 2. The van der Waals surface area contributed by atoms with E-state index < -0.39 is 5.60 Å². The highest BCUT2D eigenvalue weighted by molar-refractivity contribution is 5.03. The molecule has 2 N–H and O–H groups in total. The van der Waals surface area contributed by atoms with Gasteiger partial charge in [0.05, 0.1) is 11.8 Å². The van der Waals surface area contributed by atoms with Crippen molar-refractivity contribution in [1.82, 2.24) is 15.1 Å². The van der Waals surface area contributed by atoms with Gasteiger partial charge in [0.1, 0.15) is 0 Å². The maximum absolute atomic E-state index is 9.94. The molecule has 0 radical (unpaired) electrons. The number of aliphatic hydroxyl groups is 1. The van der Waals surface area contributed by atoms with Gasteiger partial charge in [-0.2, -0.15) is 5.10 Å². The summed E-state index contributed by atoms with van der Waals surface area (Å²) in [5.41, 5.74) is 0.647. The smallest absolute Gasteiger partial charge is 0.0743 e. The summed E-state index contributed by atoms with van der Waals surface area (Å²) >= 11 is 0. The predicted molar refractivity (Wildman–Crippen MR) is 65.3 cm³/mol. The van der Waals surface area contributed by atoms with Crippen LogP contribution in [0.2, 0.25) is 0 Å². The molecule has 0 amide bonds.